The number of anilines is 2. The molecule has 20 heavy (non-hydrogen) atoms. The number of nitrogens with one attached hydrogen (secondary N) is 2. The van der Waals surface area contributed by atoms with E-state index in [9.17, 15) is 4.79 Å². The maximum atomic E-state index is 12.0. The van der Waals surface area contributed by atoms with Crippen LogP contribution in [0.5, 0.6) is 0 Å². The van der Waals surface area contributed by atoms with E-state index < -0.39 is 0 Å². The lowest BCUT2D eigenvalue weighted by Crippen LogP contribution is -2.38. The monoisotopic (exact) mass is 275 g/mol. The number of para-hydroxylation sites is 2. The molecule has 0 bridgehead atoms. The molecule has 110 valence electrons. The normalized spacial score (nSPS) is 14.4. The molecule has 4 nitrogen and oxygen atoms in total. The van der Waals surface area contributed by atoms with E-state index in [-0.39, 0.29) is 5.91 Å². The van der Waals surface area contributed by atoms with Crippen molar-refractivity contribution in [2.24, 2.45) is 5.92 Å². The third-order valence-electron chi connectivity index (χ3n) is 3.54. The molecule has 0 aliphatic carbocycles. The predicted molar refractivity (Wildman–Crippen MR) is 84.2 cm³/mol. The van der Waals surface area contributed by atoms with Crippen LogP contribution in [-0.2, 0) is 4.79 Å². The Hall–Kier alpha value is -1.71. The molecule has 0 atom stereocenters. The Bertz CT molecular complexity index is 445. The largest absolute Gasteiger partial charge is 0.383 e. The van der Waals surface area contributed by atoms with Crippen LogP contribution in [0.1, 0.15) is 26.7 Å². The van der Waals surface area contributed by atoms with Gasteiger partial charge in [-0.15, -0.1) is 0 Å². The van der Waals surface area contributed by atoms with Gasteiger partial charge < -0.3 is 15.5 Å². The zero-order chi connectivity index (χ0) is 14.4. The van der Waals surface area contributed by atoms with Crippen molar-refractivity contribution >= 4 is 17.3 Å². The van der Waals surface area contributed by atoms with E-state index in [2.05, 4.69) is 41.5 Å². The van der Waals surface area contributed by atoms with Crippen molar-refractivity contribution < 1.29 is 4.79 Å². The molecule has 0 unspecified atom stereocenters. The number of hydrogen-bond donors (Lipinski definition) is 2. The Balaban J connectivity index is 1.93. The molecule has 0 aromatic heterocycles. The van der Waals surface area contributed by atoms with E-state index in [0.29, 0.717) is 12.5 Å². The van der Waals surface area contributed by atoms with Crippen molar-refractivity contribution in [1.29, 1.82) is 0 Å². The number of amides is 1. The summed E-state index contributed by atoms with van der Waals surface area (Å²) in [4.78, 5) is 14.2. The molecule has 0 spiro atoms. The fourth-order valence-electron chi connectivity index (χ4n) is 2.41. The summed E-state index contributed by atoms with van der Waals surface area (Å²) in [5.74, 6) is 0.737. The van der Waals surface area contributed by atoms with Crippen LogP contribution in [0, 0.1) is 5.92 Å². The van der Waals surface area contributed by atoms with Gasteiger partial charge >= 0.3 is 0 Å². The molecule has 1 aromatic rings. The molecule has 1 aliphatic rings. The molecule has 1 aromatic carbocycles. The summed E-state index contributed by atoms with van der Waals surface area (Å²) in [5, 5.41) is 6.42. The number of carbonyl (C=O) groups excluding carboxylic acids is 1. The van der Waals surface area contributed by atoms with Crippen LogP contribution >= 0.6 is 0 Å². The van der Waals surface area contributed by atoms with Gasteiger partial charge in [0.1, 0.15) is 0 Å². The Morgan fingerprint density at radius 3 is 3.00 bits per heavy atom. The van der Waals surface area contributed by atoms with Crippen LogP contribution in [0.3, 0.4) is 0 Å². The molecule has 2 rings (SSSR count). The first-order valence-corrected chi connectivity index (χ1v) is 7.51. The van der Waals surface area contributed by atoms with Gasteiger partial charge in [0.2, 0.25) is 5.91 Å². The molecular weight excluding hydrogens is 250 g/mol. The highest BCUT2D eigenvalue weighted by Gasteiger charge is 2.16. The Kier molecular flexibility index (Phi) is 5.27. The quantitative estimate of drug-likeness (QED) is 0.867. The van der Waals surface area contributed by atoms with Crippen LogP contribution in [-0.4, -0.2) is 32.1 Å². The van der Waals surface area contributed by atoms with Crippen molar-refractivity contribution in [2.45, 2.75) is 26.7 Å². The van der Waals surface area contributed by atoms with E-state index in [1.807, 2.05) is 12.1 Å². The maximum Gasteiger partial charge on any atom is 0.239 e. The van der Waals surface area contributed by atoms with Gasteiger partial charge in [0.25, 0.3) is 0 Å². The zero-order valence-corrected chi connectivity index (χ0v) is 12.5. The molecule has 0 fully saturated rings. The molecule has 4 heteroatoms. The zero-order valence-electron chi connectivity index (χ0n) is 12.5. The van der Waals surface area contributed by atoms with E-state index in [0.717, 1.165) is 43.9 Å². The number of carbonyl (C=O) groups is 1. The third kappa shape index (κ3) is 4.15. The van der Waals surface area contributed by atoms with Gasteiger partial charge in [-0.05, 0) is 30.9 Å². The number of hydrogen-bond acceptors (Lipinski definition) is 3. The van der Waals surface area contributed by atoms with Gasteiger partial charge in [0.15, 0.2) is 0 Å². The van der Waals surface area contributed by atoms with Crippen molar-refractivity contribution in [3.63, 3.8) is 0 Å². The second kappa shape index (κ2) is 7.17. The molecule has 0 saturated carbocycles. The van der Waals surface area contributed by atoms with E-state index in [1.54, 1.807) is 0 Å². The highest BCUT2D eigenvalue weighted by Crippen LogP contribution is 2.27. The minimum atomic E-state index is 0.113. The maximum absolute atomic E-state index is 12.0. The molecule has 0 radical (unpaired) electrons. The highest BCUT2D eigenvalue weighted by atomic mass is 16.2. The van der Waals surface area contributed by atoms with Crippen LogP contribution in [0.2, 0.25) is 0 Å². The molecule has 1 amide bonds. The van der Waals surface area contributed by atoms with E-state index in [1.165, 1.54) is 0 Å². The summed E-state index contributed by atoms with van der Waals surface area (Å²) < 4.78 is 0. The number of benzene rings is 1. The summed E-state index contributed by atoms with van der Waals surface area (Å²) in [5.41, 5.74) is 2.25. The van der Waals surface area contributed by atoms with Crippen LogP contribution in [0.25, 0.3) is 0 Å². The first-order valence-electron chi connectivity index (χ1n) is 7.51. The van der Waals surface area contributed by atoms with Gasteiger partial charge in [0, 0.05) is 19.6 Å². The second-order valence-electron chi connectivity index (χ2n) is 5.75. The van der Waals surface area contributed by atoms with Gasteiger partial charge in [0.05, 0.1) is 17.9 Å². The van der Waals surface area contributed by atoms with Crippen molar-refractivity contribution in [3.8, 4) is 0 Å². The fourth-order valence-corrected chi connectivity index (χ4v) is 2.41. The number of rotatable bonds is 5. The minimum Gasteiger partial charge on any atom is -0.383 e. The molecule has 2 N–H and O–H groups in total. The Morgan fingerprint density at radius 2 is 2.20 bits per heavy atom. The summed E-state index contributed by atoms with van der Waals surface area (Å²) in [6.07, 6.45) is 2.08. The van der Waals surface area contributed by atoms with Crippen molar-refractivity contribution in [1.82, 2.24) is 5.32 Å². The van der Waals surface area contributed by atoms with Crippen LogP contribution in [0.4, 0.5) is 11.4 Å². The third-order valence-corrected chi connectivity index (χ3v) is 3.54. The van der Waals surface area contributed by atoms with Crippen molar-refractivity contribution in [2.75, 3.05) is 36.4 Å². The second-order valence-corrected chi connectivity index (χ2v) is 5.75. The predicted octanol–water partition coefficient (Wildman–Crippen LogP) is 2.47. The topological polar surface area (TPSA) is 44.4 Å². The van der Waals surface area contributed by atoms with Gasteiger partial charge in [-0.1, -0.05) is 26.0 Å². The summed E-state index contributed by atoms with van der Waals surface area (Å²) in [6.45, 7) is 7.43. The molecule has 0 saturated heterocycles. The lowest BCUT2D eigenvalue weighted by Gasteiger charge is -2.23. The minimum absolute atomic E-state index is 0.113. The highest BCUT2D eigenvalue weighted by molar-refractivity contribution is 5.83. The number of fused-ring (bicyclic) bond motifs is 1. The van der Waals surface area contributed by atoms with Crippen LogP contribution in [0.15, 0.2) is 24.3 Å². The number of nitrogens with zero attached hydrogens (tertiary/aromatic N) is 1. The Morgan fingerprint density at radius 1 is 1.40 bits per heavy atom. The average molecular weight is 275 g/mol. The van der Waals surface area contributed by atoms with Crippen molar-refractivity contribution in [3.05, 3.63) is 24.3 Å². The van der Waals surface area contributed by atoms with Crippen LogP contribution < -0.4 is 15.5 Å². The Labute approximate surface area is 121 Å². The summed E-state index contributed by atoms with van der Waals surface area (Å²) in [6, 6.07) is 8.20. The first-order chi connectivity index (χ1) is 9.66. The fraction of sp³-hybridized carbons (Fsp3) is 0.562. The van der Waals surface area contributed by atoms with E-state index >= 15 is 0 Å². The lowest BCUT2D eigenvalue weighted by molar-refractivity contribution is -0.119. The standard InChI is InChI=1S/C16H25N3O/c1-13(2)8-10-18-16(20)12-19-11-5-9-17-14-6-3-4-7-15(14)19/h3-4,6-7,13,17H,5,8-12H2,1-2H3,(H,18,20). The summed E-state index contributed by atoms with van der Waals surface area (Å²) in [7, 11) is 0. The SMILES string of the molecule is CC(C)CCNC(=O)CN1CCCNc2ccccc21. The summed E-state index contributed by atoms with van der Waals surface area (Å²) >= 11 is 0. The average Bonchev–Trinajstić information content (AvgIpc) is 2.61. The van der Waals surface area contributed by atoms with Gasteiger partial charge in [-0.25, -0.2) is 0 Å². The molecule has 1 aliphatic heterocycles. The first kappa shape index (κ1) is 14.7. The van der Waals surface area contributed by atoms with Gasteiger partial charge in [-0.3, -0.25) is 4.79 Å². The molecular formula is C16H25N3O. The lowest BCUT2D eigenvalue weighted by atomic mass is 10.1. The molecule has 1 heterocycles. The smallest absolute Gasteiger partial charge is 0.239 e. The van der Waals surface area contributed by atoms with Gasteiger partial charge in [-0.2, -0.15) is 0 Å². The van der Waals surface area contributed by atoms with E-state index in [4.69, 9.17) is 0 Å².